The van der Waals surface area contributed by atoms with Gasteiger partial charge in [0, 0.05) is 12.5 Å². The summed E-state index contributed by atoms with van der Waals surface area (Å²) in [6.45, 7) is 0.722. The van der Waals surface area contributed by atoms with E-state index in [4.69, 9.17) is 4.74 Å². The fraction of sp³-hybridized carbons (Fsp3) is 0.273. The maximum absolute atomic E-state index is 13.5. The molecule has 0 saturated carbocycles. The lowest BCUT2D eigenvalue weighted by Crippen LogP contribution is -2.01. The summed E-state index contributed by atoms with van der Waals surface area (Å²) in [5.74, 6) is -0.682. The molecule has 1 unspecified atom stereocenters. The summed E-state index contributed by atoms with van der Waals surface area (Å²) in [6, 6.07) is 3.33. The van der Waals surface area contributed by atoms with Crippen molar-refractivity contribution in [2.75, 3.05) is 6.61 Å². The number of nitrogens with zero attached hydrogens (tertiary/aromatic N) is 3. The van der Waals surface area contributed by atoms with Gasteiger partial charge in [-0.2, -0.15) is 5.10 Å². The van der Waals surface area contributed by atoms with Crippen LogP contribution >= 0.6 is 0 Å². The maximum atomic E-state index is 13.5. The molecule has 2 aromatic rings. The van der Waals surface area contributed by atoms with Gasteiger partial charge < -0.3 is 4.74 Å². The Bertz CT molecular complexity index is 551. The minimum absolute atomic E-state index is 0.182. The van der Waals surface area contributed by atoms with E-state index >= 15 is 0 Å². The smallest absolute Gasteiger partial charge is 0.153 e. The Balaban J connectivity index is 1.89. The van der Waals surface area contributed by atoms with Gasteiger partial charge in [0.25, 0.3) is 0 Å². The van der Waals surface area contributed by atoms with Crippen LogP contribution < -0.4 is 0 Å². The number of aromatic nitrogens is 3. The molecular weight excluding hydrogens is 228 g/mol. The van der Waals surface area contributed by atoms with Gasteiger partial charge in [0.15, 0.2) is 11.6 Å². The Morgan fingerprint density at radius 1 is 1.41 bits per heavy atom. The van der Waals surface area contributed by atoms with E-state index in [0.717, 1.165) is 12.7 Å². The molecule has 1 aliphatic rings. The second kappa shape index (κ2) is 3.89. The van der Waals surface area contributed by atoms with Crippen LogP contribution in [-0.4, -0.2) is 27.5 Å². The topological polar surface area (TPSA) is 43.2 Å². The highest BCUT2D eigenvalue weighted by atomic mass is 19.1. The average molecular weight is 237 g/mol. The molecular formula is C11H9F2N3O. The van der Waals surface area contributed by atoms with Crippen molar-refractivity contribution in [3.63, 3.8) is 0 Å². The van der Waals surface area contributed by atoms with Crippen LogP contribution in [-0.2, 0) is 11.2 Å². The Morgan fingerprint density at radius 3 is 2.94 bits per heavy atom. The lowest BCUT2D eigenvalue weighted by Gasteiger charge is -2.01. The lowest BCUT2D eigenvalue weighted by atomic mass is 10.3. The normalized spacial score (nSPS) is 18.4. The van der Waals surface area contributed by atoms with E-state index in [-0.39, 0.29) is 11.8 Å². The van der Waals surface area contributed by atoms with Crippen molar-refractivity contribution in [2.24, 2.45) is 0 Å². The highest BCUT2D eigenvalue weighted by Gasteiger charge is 2.24. The minimum Gasteiger partial charge on any atom is -0.373 e. The number of halogens is 2. The molecule has 0 spiro atoms. The Hall–Kier alpha value is -1.82. The van der Waals surface area contributed by atoms with Crippen LogP contribution in [0.3, 0.4) is 0 Å². The molecule has 17 heavy (non-hydrogen) atoms. The molecule has 0 N–H and O–H groups in total. The molecule has 1 atom stereocenters. The summed E-state index contributed by atoms with van der Waals surface area (Å²) >= 11 is 0. The largest absolute Gasteiger partial charge is 0.373 e. The summed E-state index contributed by atoms with van der Waals surface area (Å²) in [5.41, 5.74) is 0.182. The molecule has 6 heteroatoms. The molecule has 88 valence electrons. The SMILES string of the molecule is Fc1ccc(-n2cnc(CC3CO3)n2)c(F)c1. The summed E-state index contributed by atoms with van der Waals surface area (Å²) < 4.78 is 32.6. The number of epoxide rings is 1. The zero-order valence-electron chi connectivity index (χ0n) is 8.81. The second-order valence-electron chi connectivity index (χ2n) is 3.86. The Labute approximate surface area is 95.8 Å². The number of rotatable bonds is 3. The first-order valence-corrected chi connectivity index (χ1v) is 5.20. The van der Waals surface area contributed by atoms with Crippen LogP contribution in [0.1, 0.15) is 5.82 Å². The van der Waals surface area contributed by atoms with Gasteiger partial charge in [0.1, 0.15) is 17.8 Å². The molecule has 3 rings (SSSR count). The third kappa shape index (κ3) is 2.16. The fourth-order valence-electron chi connectivity index (χ4n) is 1.56. The zero-order chi connectivity index (χ0) is 11.8. The molecule has 1 saturated heterocycles. The standard InChI is InChI=1S/C11H9F2N3O/c12-7-1-2-10(9(13)3-7)16-6-14-11(15-16)4-8-5-17-8/h1-3,6,8H,4-5H2. The summed E-state index contributed by atoms with van der Waals surface area (Å²) in [4.78, 5) is 4.05. The predicted molar refractivity (Wildman–Crippen MR) is 54.7 cm³/mol. The van der Waals surface area contributed by atoms with Crippen molar-refractivity contribution in [3.05, 3.63) is 42.0 Å². The molecule has 0 bridgehead atoms. The molecule has 2 heterocycles. The highest BCUT2D eigenvalue weighted by Crippen LogP contribution is 2.16. The van der Waals surface area contributed by atoms with Gasteiger partial charge in [-0.15, -0.1) is 0 Å². The average Bonchev–Trinajstić information content (AvgIpc) is 2.96. The highest BCUT2D eigenvalue weighted by molar-refractivity contribution is 5.32. The lowest BCUT2D eigenvalue weighted by molar-refractivity contribution is 0.404. The van der Waals surface area contributed by atoms with Crippen molar-refractivity contribution >= 4 is 0 Å². The zero-order valence-corrected chi connectivity index (χ0v) is 8.81. The molecule has 0 aliphatic carbocycles. The van der Waals surface area contributed by atoms with E-state index in [9.17, 15) is 8.78 Å². The Kier molecular flexibility index (Phi) is 2.36. The molecule has 1 aromatic carbocycles. The van der Waals surface area contributed by atoms with E-state index in [0.29, 0.717) is 12.2 Å². The second-order valence-corrected chi connectivity index (χ2v) is 3.86. The van der Waals surface area contributed by atoms with E-state index in [1.54, 1.807) is 0 Å². The van der Waals surface area contributed by atoms with Crippen LogP contribution in [0, 0.1) is 11.6 Å². The molecule has 0 radical (unpaired) electrons. The third-order valence-corrected chi connectivity index (χ3v) is 2.51. The van der Waals surface area contributed by atoms with Crippen molar-refractivity contribution in [1.82, 2.24) is 14.8 Å². The third-order valence-electron chi connectivity index (χ3n) is 2.51. The first kappa shape index (κ1) is 10.3. The van der Waals surface area contributed by atoms with Gasteiger partial charge >= 0.3 is 0 Å². The van der Waals surface area contributed by atoms with E-state index in [1.807, 2.05) is 0 Å². The Morgan fingerprint density at radius 2 is 2.24 bits per heavy atom. The van der Waals surface area contributed by atoms with Gasteiger partial charge in [-0.1, -0.05) is 0 Å². The van der Waals surface area contributed by atoms with Gasteiger partial charge in [-0.25, -0.2) is 18.4 Å². The molecule has 1 aromatic heterocycles. The predicted octanol–water partition coefficient (Wildman–Crippen LogP) is 1.49. The van der Waals surface area contributed by atoms with Crippen molar-refractivity contribution in [1.29, 1.82) is 0 Å². The molecule has 4 nitrogen and oxygen atoms in total. The van der Waals surface area contributed by atoms with Crippen molar-refractivity contribution in [2.45, 2.75) is 12.5 Å². The number of benzene rings is 1. The van der Waals surface area contributed by atoms with Gasteiger partial charge in [-0.3, -0.25) is 0 Å². The van der Waals surface area contributed by atoms with Gasteiger partial charge in [-0.05, 0) is 12.1 Å². The van der Waals surface area contributed by atoms with E-state index < -0.39 is 11.6 Å². The fourth-order valence-corrected chi connectivity index (χ4v) is 1.56. The number of hydrogen-bond acceptors (Lipinski definition) is 3. The van der Waals surface area contributed by atoms with Crippen LogP contribution in [0.15, 0.2) is 24.5 Å². The number of ether oxygens (including phenoxy) is 1. The first-order chi connectivity index (χ1) is 8.22. The molecule has 1 fully saturated rings. The van der Waals surface area contributed by atoms with E-state index in [2.05, 4.69) is 10.1 Å². The van der Waals surface area contributed by atoms with Crippen LogP contribution in [0.5, 0.6) is 0 Å². The van der Waals surface area contributed by atoms with Crippen LogP contribution in [0.25, 0.3) is 5.69 Å². The number of hydrogen-bond donors (Lipinski definition) is 0. The van der Waals surface area contributed by atoms with Crippen LogP contribution in [0.4, 0.5) is 8.78 Å². The van der Waals surface area contributed by atoms with Gasteiger partial charge in [0.2, 0.25) is 0 Å². The summed E-state index contributed by atoms with van der Waals surface area (Å²) in [7, 11) is 0. The van der Waals surface area contributed by atoms with Crippen molar-refractivity contribution in [3.8, 4) is 5.69 Å². The first-order valence-electron chi connectivity index (χ1n) is 5.20. The summed E-state index contributed by atoms with van der Waals surface area (Å²) in [5, 5.41) is 4.11. The van der Waals surface area contributed by atoms with Crippen molar-refractivity contribution < 1.29 is 13.5 Å². The summed E-state index contributed by atoms with van der Waals surface area (Å²) in [6.07, 6.45) is 2.22. The molecule has 0 amide bonds. The van der Waals surface area contributed by atoms with Crippen LogP contribution in [0.2, 0.25) is 0 Å². The monoisotopic (exact) mass is 237 g/mol. The quantitative estimate of drug-likeness (QED) is 0.759. The molecule has 1 aliphatic heterocycles. The maximum Gasteiger partial charge on any atom is 0.153 e. The minimum atomic E-state index is -0.663. The van der Waals surface area contributed by atoms with Gasteiger partial charge in [0.05, 0.1) is 12.7 Å². The van der Waals surface area contributed by atoms with E-state index in [1.165, 1.54) is 23.1 Å².